The number of nitrogens with one attached hydrogen (secondary N) is 1. The fraction of sp³-hybridized carbons (Fsp3) is 0.400. The highest BCUT2D eigenvalue weighted by Gasteiger charge is 2.38. The number of carbonyl (C=O) groups excluding carboxylic acids is 1. The summed E-state index contributed by atoms with van der Waals surface area (Å²) in [7, 11) is 0. The number of aromatic nitrogens is 2. The van der Waals surface area contributed by atoms with E-state index in [0.717, 1.165) is 25.2 Å². The van der Waals surface area contributed by atoms with Crippen LogP contribution in [0.5, 0.6) is 0 Å². The summed E-state index contributed by atoms with van der Waals surface area (Å²) in [6, 6.07) is 7.28. The fourth-order valence-electron chi connectivity index (χ4n) is 3.03. The van der Waals surface area contributed by atoms with Crippen LogP contribution in [0.25, 0.3) is 11.5 Å². The van der Waals surface area contributed by atoms with Gasteiger partial charge < -0.3 is 9.73 Å². The molecule has 120 valence electrons. The van der Waals surface area contributed by atoms with E-state index in [1.54, 1.807) is 17.0 Å². The van der Waals surface area contributed by atoms with E-state index in [1.165, 1.54) is 0 Å². The Bertz CT molecular complexity index is 734. The Morgan fingerprint density at radius 3 is 3.04 bits per heavy atom. The zero-order chi connectivity index (χ0) is 15.8. The molecule has 0 bridgehead atoms. The molecule has 2 saturated heterocycles. The first kappa shape index (κ1) is 14.6. The quantitative estimate of drug-likeness (QED) is 0.884. The van der Waals surface area contributed by atoms with Crippen LogP contribution in [0, 0.1) is 0 Å². The van der Waals surface area contributed by atoms with E-state index in [2.05, 4.69) is 20.4 Å². The van der Waals surface area contributed by atoms with E-state index in [4.69, 9.17) is 16.0 Å². The van der Waals surface area contributed by atoms with Crippen LogP contribution in [0.15, 0.2) is 28.7 Å². The zero-order valence-corrected chi connectivity index (χ0v) is 13.2. The number of hydrogen-bond acceptors (Lipinski definition) is 6. The average molecular weight is 334 g/mol. The van der Waals surface area contributed by atoms with Gasteiger partial charge in [-0.25, -0.2) is 0 Å². The van der Waals surface area contributed by atoms with Gasteiger partial charge in [0.1, 0.15) is 6.04 Å². The number of piperazine rings is 2. The van der Waals surface area contributed by atoms with Crippen LogP contribution in [0.1, 0.15) is 0 Å². The average Bonchev–Trinajstić information content (AvgIpc) is 3.05. The monoisotopic (exact) mass is 333 g/mol. The molecule has 1 amide bonds. The first-order valence-corrected chi connectivity index (χ1v) is 7.96. The van der Waals surface area contributed by atoms with Crippen LogP contribution < -0.4 is 10.2 Å². The minimum Gasteiger partial charge on any atom is -0.403 e. The molecular formula is C15H16ClN5O2. The second-order valence-corrected chi connectivity index (χ2v) is 6.08. The van der Waals surface area contributed by atoms with Crippen molar-refractivity contribution in [3.8, 4) is 11.5 Å². The van der Waals surface area contributed by atoms with Crippen molar-refractivity contribution in [2.45, 2.75) is 6.04 Å². The van der Waals surface area contributed by atoms with E-state index in [9.17, 15) is 4.79 Å². The van der Waals surface area contributed by atoms with Gasteiger partial charge in [0.05, 0.1) is 0 Å². The van der Waals surface area contributed by atoms with Gasteiger partial charge in [0, 0.05) is 43.3 Å². The second-order valence-electron chi connectivity index (χ2n) is 5.65. The Balaban J connectivity index is 1.58. The third-order valence-corrected chi connectivity index (χ3v) is 4.47. The maximum atomic E-state index is 12.7. The highest BCUT2D eigenvalue weighted by atomic mass is 35.5. The van der Waals surface area contributed by atoms with Crippen molar-refractivity contribution in [2.75, 3.05) is 37.6 Å². The summed E-state index contributed by atoms with van der Waals surface area (Å²) >= 11 is 5.98. The summed E-state index contributed by atoms with van der Waals surface area (Å²) in [6.45, 7) is 3.84. The lowest BCUT2D eigenvalue weighted by Gasteiger charge is -2.41. The molecule has 1 aromatic carbocycles. The summed E-state index contributed by atoms with van der Waals surface area (Å²) < 4.78 is 5.70. The van der Waals surface area contributed by atoms with E-state index < -0.39 is 0 Å². The van der Waals surface area contributed by atoms with Crippen LogP contribution in [-0.2, 0) is 4.79 Å². The predicted molar refractivity (Wildman–Crippen MR) is 85.3 cm³/mol. The van der Waals surface area contributed by atoms with Gasteiger partial charge in [-0.05, 0) is 18.2 Å². The Labute approximate surface area is 138 Å². The molecule has 4 rings (SSSR count). The summed E-state index contributed by atoms with van der Waals surface area (Å²) in [4.78, 5) is 16.4. The molecule has 3 heterocycles. The highest BCUT2D eigenvalue weighted by Crippen LogP contribution is 2.26. The van der Waals surface area contributed by atoms with Gasteiger partial charge in [-0.15, -0.1) is 5.10 Å². The number of hydrogen-bond donors (Lipinski definition) is 1. The van der Waals surface area contributed by atoms with Crippen molar-refractivity contribution < 1.29 is 9.21 Å². The zero-order valence-electron chi connectivity index (χ0n) is 12.4. The van der Waals surface area contributed by atoms with Crippen molar-refractivity contribution in [2.24, 2.45) is 0 Å². The summed E-state index contributed by atoms with van der Waals surface area (Å²) in [6.07, 6.45) is 0. The molecule has 1 N–H and O–H groups in total. The third kappa shape index (κ3) is 2.71. The van der Waals surface area contributed by atoms with Gasteiger partial charge in [-0.2, -0.15) is 0 Å². The number of amides is 1. The molecule has 1 atom stereocenters. The minimum atomic E-state index is -0.154. The smallest absolute Gasteiger partial charge is 0.325 e. The first-order chi connectivity index (χ1) is 11.2. The van der Waals surface area contributed by atoms with Crippen molar-refractivity contribution >= 4 is 23.5 Å². The number of rotatable bonds is 2. The molecular weight excluding hydrogens is 318 g/mol. The van der Waals surface area contributed by atoms with Crippen LogP contribution in [0.2, 0.25) is 5.02 Å². The van der Waals surface area contributed by atoms with Gasteiger partial charge in [0.15, 0.2) is 0 Å². The minimum absolute atomic E-state index is 0.00439. The molecule has 2 aliphatic rings. The number of carbonyl (C=O) groups is 1. The molecule has 0 radical (unpaired) electrons. The number of benzene rings is 1. The molecule has 1 aromatic heterocycles. The molecule has 2 fully saturated rings. The molecule has 0 saturated carbocycles. The number of fused-ring (bicyclic) bond motifs is 1. The summed E-state index contributed by atoms with van der Waals surface area (Å²) in [5.74, 6) is 0.365. The van der Waals surface area contributed by atoms with Crippen LogP contribution in [0.4, 0.5) is 6.01 Å². The van der Waals surface area contributed by atoms with Gasteiger partial charge in [-0.1, -0.05) is 22.8 Å². The fourth-order valence-corrected chi connectivity index (χ4v) is 3.22. The molecule has 8 heteroatoms. The Kier molecular flexibility index (Phi) is 3.76. The number of anilines is 1. The third-order valence-electron chi connectivity index (χ3n) is 4.23. The molecule has 7 nitrogen and oxygen atoms in total. The van der Waals surface area contributed by atoms with Gasteiger partial charge in [-0.3, -0.25) is 14.6 Å². The predicted octanol–water partition coefficient (Wildman–Crippen LogP) is 1.01. The van der Waals surface area contributed by atoms with Crippen molar-refractivity contribution in [1.29, 1.82) is 0 Å². The lowest BCUT2D eigenvalue weighted by atomic mass is 10.1. The van der Waals surface area contributed by atoms with Gasteiger partial charge >= 0.3 is 6.01 Å². The SMILES string of the molecule is O=C1[C@H]2CNCCN2CCN1c1nnc(-c2cccc(Cl)c2)o1. The van der Waals surface area contributed by atoms with Crippen molar-refractivity contribution in [3.05, 3.63) is 29.3 Å². The van der Waals surface area contributed by atoms with Crippen LogP contribution >= 0.6 is 11.6 Å². The molecule has 2 aliphatic heterocycles. The largest absolute Gasteiger partial charge is 0.403 e. The lowest BCUT2D eigenvalue weighted by molar-refractivity contribution is -0.126. The molecule has 0 unspecified atom stereocenters. The highest BCUT2D eigenvalue weighted by molar-refractivity contribution is 6.30. The maximum Gasteiger partial charge on any atom is 0.325 e. The van der Waals surface area contributed by atoms with Gasteiger partial charge in [0.2, 0.25) is 11.8 Å². The van der Waals surface area contributed by atoms with Gasteiger partial charge in [0.25, 0.3) is 0 Å². The number of nitrogens with zero attached hydrogens (tertiary/aromatic N) is 4. The van der Waals surface area contributed by atoms with E-state index in [-0.39, 0.29) is 18.0 Å². The number of halogens is 1. The lowest BCUT2D eigenvalue weighted by Crippen LogP contribution is -2.64. The van der Waals surface area contributed by atoms with Crippen LogP contribution in [-0.4, -0.2) is 59.8 Å². The molecule has 0 spiro atoms. The molecule has 2 aromatic rings. The van der Waals surface area contributed by atoms with E-state index >= 15 is 0 Å². The standard InChI is InChI=1S/C15H16ClN5O2/c16-11-3-1-2-10(8-11)13-18-19-15(23-13)21-7-6-20-5-4-17-9-12(20)14(21)22/h1-3,8,12,17H,4-7,9H2/t12-/m1/s1. The van der Waals surface area contributed by atoms with E-state index in [0.29, 0.717) is 24.0 Å². The normalized spacial score (nSPS) is 22.2. The molecule has 0 aliphatic carbocycles. The molecule has 23 heavy (non-hydrogen) atoms. The Hall–Kier alpha value is -1.96. The van der Waals surface area contributed by atoms with Crippen molar-refractivity contribution in [1.82, 2.24) is 20.4 Å². The van der Waals surface area contributed by atoms with Crippen LogP contribution in [0.3, 0.4) is 0 Å². The van der Waals surface area contributed by atoms with E-state index in [1.807, 2.05) is 12.1 Å². The Morgan fingerprint density at radius 2 is 2.17 bits per heavy atom. The van der Waals surface area contributed by atoms with Crippen molar-refractivity contribution in [3.63, 3.8) is 0 Å². The Morgan fingerprint density at radius 1 is 1.26 bits per heavy atom. The topological polar surface area (TPSA) is 74.5 Å². The first-order valence-electron chi connectivity index (χ1n) is 7.58. The maximum absolute atomic E-state index is 12.7. The summed E-state index contributed by atoms with van der Waals surface area (Å²) in [5.41, 5.74) is 0.738. The summed E-state index contributed by atoms with van der Waals surface area (Å²) in [5, 5.41) is 11.9. The second kappa shape index (κ2) is 5.92.